The summed E-state index contributed by atoms with van der Waals surface area (Å²) >= 11 is 3.16. The molecule has 0 spiro atoms. The summed E-state index contributed by atoms with van der Waals surface area (Å²) in [6.07, 6.45) is 1.70. The van der Waals surface area contributed by atoms with Crippen molar-refractivity contribution in [3.63, 3.8) is 0 Å². The molecule has 0 radical (unpaired) electrons. The van der Waals surface area contributed by atoms with Crippen LogP contribution in [0.1, 0.15) is 32.3 Å². The molecule has 3 rings (SSSR count). The normalized spacial score (nSPS) is 10.8. The van der Waals surface area contributed by atoms with Crippen LogP contribution in [-0.2, 0) is 12.3 Å². The summed E-state index contributed by atoms with van der Waals surface area (Å²) < 4.78 is 5.08. The van der Waals surface area contributed by atoms with Gasteiger partial charge in [0.15, 0.2) is 0 Å². The molecule has 130 valence electrons. The second-order valence-corrected chi connectivity index (χ2v) is 7.73. The van der Waals surface area contributed by atoms with Gasteiger partial charge < -0.3 is 9.42 Å². The highest BCUT2D eigenvalue weighted by Gasteiger charge is 2.18. The molecule has 0 bridgehead atoms. The summed E-state index contributed by atoms with van der Waals surface area (Å²) in [6.45, 7) is 4.53. The van der Waals surface area contributed by atoms with Gasteiger partial charge in [-0.1, -0.05) is 16.9 Å². The number of pyridine rings is 1. The topological polar surface area (TPSA) is 59.2 Å². The van der Waals surface area contributed by atoms with Crippen molar-refractivity contribution in [2.45, 2.75) is 31.2 Å². The molecule has 5 nitrogen and oxygen atoms in total. The first kappa shape index (κ1) is 17.7. The summed E-state index contributed by atoms with van der Waals surface area (Å²) in [4.78, 5) is 20.2. The summed E-state index contributed by atoms with van der Waals surface area (Å²) in [7, 11) is 1.82. The Labute approximate surface area is 155 Å². The molecule has 0 saturated carbocycles. The number of thiophene rings is 1. The van der Waals surface area contributed by atoms with Crippen LogP contribution in [0.4, 0.5) is 0 Å². The lowest BCUT2D eigenvalue weighted by Gasteiger charge is -2.18. The molecule has 0 fully saturated rings. The lowest BCUT2D eigenvalue weighted by Crippen LogP contribution is -2.26. The van der Waals surface area contributed by atoms with E-state index in [4.69, 9.17) is 4.52 Å². The van der Waals surface area contributed by atoms with Gasteiger partial charge in [-0.05, 0) is 43.0 Å². The Bertz CT molecular complexity index is 873. The maximum absolute atomic E-state index is 12.9. The fraction of sp³-hybridized carbons (Fsp3) is 0.278. The van der Waals surface area contributed by atoms with Crippen LogP contribution >= 0.6 is 23.1 Å². The van der Waals surface area contributed by atoms with Gasteiger partial charge in [-0.25, -0.2) is 4.98 Å². The van der Waals surface area contributed by atoms with Gasteiger partial charge in [0.05, 0.1) is 17.8 Å². The van der Waals surface area contributed by atoms with Crippen molar-refractivity contribution in [3.8, 4) is 0 Å². The zero-order valence-electron chi connectivity index (χ0n) is 14.4. The van der Waals surface area contributed by atoms with Gasteiger partial charge in [0.1, 0.15) is 10.8 Å². The van der Waals surface area contributed by atoms with Gasteiger partial charge in [-0.2, -0.15) is 0 Å². The zero-order chi connectivity index (χ0) is 17.8. The van der Waals surface area contributed by atoms with E-state index in [-0.39, 0.29) is 5.91 Å². The number of hydrogen-bond donors (Lipinski definition) is 0. The summed E-state index contributed by atoms with van der Waals surface area (Å²) in [6, 6.07) is 7.58. The first-order valence-corrected chi connectivity index (χ1v) is 9.69. The highest BCUT2D eigenvalue weighted by atomic mass is 32.2. The van der Waals surface area contributed by atoms with Gasteiger partial charge in [0.2, 0.25) is 0 Å². The third-order valence-electron chi connectivity index (χ3n) is 3.73. The highest BCUT2D eigenvalue weighted by Crippen LogP contribution is 2.26. The molecule has 3 aromatic heterocycles. The average Bonchev–Trinajstić information content (AvgIpc) is 3.21. The molecule has 7 heteroatoms. The Morgan fingerprint density at radius 2 is 2.20 bits per heavy atom. The molecule has 0 atom stereocenters. The van der Waals surface area contributed by atoms with Crippen LogP contribution < -0.4 is 0 Å². The van der Waals surface area contributed by atoms with Crippen LogP contribution in [-0.4, -0.2) is 28.0 Å². The Morgan fingerprint density at radius 1 is 1.36 bits per heavy atom. The summed E-state index contributed by atoms with van der Waals surface area (Å²) in [5.41, 5.74) is 2.67. The van der Waals surface area contributed by atoms with Crippen LogP contribution in [0.2, 0.25) is 0 Å². The molecule has 3 heterocycles. The highest BCUT2D eigenvalue weighted by molar-refractivity contribution is 7.98. The number of rotatable bonds is 6. The van der Waals surface area contributed by atoms with Crippen LogP contribution in [0.25, 0.3) is 0 Å². The first-order valence-electron chi connectivity index (χ1n) is 7.83. The SMILES string of the molecule is Cc1cc(CSc2ncccc2C(=O)N(C)Cc2sccc2C)no1. The third kappa shape index (κ3) is 4.29. The minimum absolute atomic E-state index is 0.0280. The van der Waals surface area contributed by atoms with E-state index in [0.29, 0.717) is 22.9 Å². The van der Waals surface area contributed by atoms with Crippen molar-refractivity contribution in [3.05, 3.63) is 63.3 Å². The van der Waals surface area contributed by atoms with Gasteiger partial charge in [0, 0.05) is 29.9 Å². The molecule has 0 aliphatic heterocycles. The lowest BCUT2D eigenvalue weighted by molar-refractivity contribution is 0.0782. The lowest BCUT2D eigenvalue weighted by atomic mass is 10.2. The van der Waals surface area contributed by atoms with Gasteiger partial charge in [-0.15, -0.1) is 11.3 Å². The largest absolute Gasteiger partial charge is 0.361 e. The molecular weight excluding hydrogens is 354 g/mol. The van der Waals surface area contributed by atoms with Crippen molar-refractivity contribution in [2.24, 2.45) is 0 Å². The molecule has 0 aliphatic carbocycles. The van der Waals surface area contributed by atoms with Crippen LogP contribution in [0.15, 0.2) is 45.4 Å². The van der Waals surface area contributed by atoms with E-state index in [9.17, 15) is 4.79 Å². The molecule has 0 saturated heterocycles. The van der Waals surface area contributed by atoms with E-state index in [1.54, 1.807) is 28.5 Å². The third-order valence-corrected chi connectivity index (χ3v) is 5.78. The fourth-order valence-electron chi connectivity index (χ4n) is 2.36. The Morgan fingerprint density at radius 3 is 2.88 bits per heavy atom. The number of hydrogen-bond acceptors (Lipinski definition) is 6. The van der Waals surface area contributed by atoms with E-state index >= 15 is 0 Å². The molecule has 25 heavy (non-hydrogen) atoms. The second kappa shape index (κ2) is 7.84. The van der Waals surface area contributed by atoms with Crippen LogP contribution in [0.5, 0.6) is 0 Å². The number of nitrogens with zero attached hydrogens (tertiary/aromatic N) is 3. The quantitative estimate of drug-likeness (QED) is 0.603. The standard InChI is InChI=1S/C18H19N3O2S2/c1-12-6-8-24-16(12)10-21(3)18(22)15-5-4-7-19-17(15)25-11-14-9-13(2)23-20-14/h4-9H,10-11H2,1-3H3. The zero-order valence-corrected chi connectivity index (χ0v) is 16.0. The maximum atomic E-state index is 12.9. The van der Waals surface area contributed by atoms with Crippen molar-refractivity contribution in [1.82, 2.24) is 15.0 Å². The second-order valence-electron chi connectivity index (χ2n) is 5.76. The Balaban J connectivity index is 1.72. The smallest absolute Gasteiger partial charge is 0.256 e. The molecule has 0 aromatic carbocycles. The number of thioether (sulfide) groups is 1. The van der Waals surface area contributed by atoms with Gasteiger partial charge in [0.25, 0.3) is 5.91 Å². The number of amides is 1. The molecule has 0 aliphatic rings. The monoisotopic (exact) mass is 373 g/mol. The molecule has 3 aromatic rings. The van der Waals surface area contributed by atoms with Gasteiger partial charge in [-0.3, -0.25) is 4.79 Å². The summed E-state index contributed by atoms with van der Waals surface area (Å²) in [5, 5.41) is 6.74. The van der Waals surface area contributed by atoms with Crippen molar-refractivity contribution in [1.29, 1.82) is 0 Å². The number of aromatic nitrogens is 2. The van der Waals surface area contributed by atoms with Crippen molar-refractivity contribution >= 4 is 29.0 Å². The fourth-order valence-corrected chi connectivity index (χ4v) is 4.18. The van der Waals surface area contributed by atoms with Crippen molar-refractivity contribution in [2.75, 3.05) is 7.05 Å². The molecule has 1 amide bonds. The van der Waals surface area contributed by atoms with Crippen LogP contribution in [0.3, 0.4) is 0 Å². The number of carbonyl (C=O) groups is 1. The van der Waals surface area contributed by atoms with Crippen molar-refractivity contribution < 1.29 is 9.32 Å². The van der Waals surface area contributed by atoms with E-state index in [2.05, 4.69) is 23.1 Å². The van der Waals surface area contributed by atoms with Gasteiger partial charge >= 0.3 is 0 Å². The van der Waals surface area contributed by atoms with E-state index in [0.717, 1.165) is 11.5 Å². The predicted octanol–water partition coefficient (Wildman–Crippen LogP) is 4.31. The Hall–Kier alpha value is -2.12. The minimum atomic E-state index is -0.0280. The average molecular weight is 374 g/mol. The molecular formula is C18H19N3O2S2. The minimum Gasteiger partial charge on any atom is -0.361 e. The van der Waals surface area contributed by atoms with E-state index in [1.165, 1.54) is 22.2 Å². The van der Waals surface area contributed by atoms with E-state index < -0.39 is 0 Å². The maximum Gasteiger partial charge on any atom is 0.256 e. The number of carbonyl (C=O) groups excluding carboxylic acids is 1. The Kier molecular flexibility index (Phi) is 5.55. The predicted molar refractivity (Wildman–Crippen MR) is 99.9 cm³/mol. The summed E-state index contributed by atoms with van der Waals surface area (Å²) in [5.74, 6) is 1.36. The first-order chi connectivity index (χ1) is 12.0. The van der Waals surface area contributed by atoms with E-state index in [1.807, 2.05) is 31.5 Å². The van der Waals surface area contributed by atoms with Crippen LogP contribution in [0, 0.1) is 13.8 Å². The molecule has 0 N–H and O–H groups in total. The molecule has 0 unspecified atom stereocenters. The number of aryl methyl sites for hydroxylation is 2.